The minimum absolute atomic E-state index is 0.923. The zero-order chi connectivity index (χ0) is 10.1. The lowest BCUT2D eigenvalue weighted by atomic mass is 9.85. The molecule has 0 aromatic heterocycles. The van der Waals surface area contributed by atoms with Crippen LogP contribution in [0.5, 0.6) is 0 Å². The zero-order valence-corrected chi connectivity index (χ0v) is 9.90. The molecule has 0 aromatic rings. The van der Waals surface area contributed by atoms with Crippen molar-refractivity contribution in [2.75, 3.05) is 13.6 Å². The van der Waals surface area contributed by atoms with Gasteiger partial charge in [-0.1, -0.05) is 40.0 Å². The molecule has 0 aliphatic heterocycles. The van der Waals surface area contributed by atoms with Gasteiger partial charge in [-0.2, -0.15) is 0 Å². The van der Waals surface area contributed by atoms with Crippen molar-refractivity contribution in [3.05, 3.63) is 0 Å². The smallest absolute Gasteiger partial charge is 0.00518 e. The first kappa shape index (κ1) is 13.0. The molecule has 0 spiro atoms. The van der Waals surface area contributed by atoms with Gasteiger partial charge in [0, 0.05) is 0 Å². The van der Waals surface area contributed by atoms with Crippen molar-refractivity contribution in [3.63, 3.8) is 0 Å². The second-order valence-electron chi connectivity index (χ2n) is 4.18. The van der Waals surface area contributed by atoms with Crippen LogP contribution in [0.2, 0.25) is 0 Å². The Morgan fingerprint density at radius 2 is 1.85 bits per heavy atom. The van der Waals surface area contributed by atoms with Gasteiger partial charge < -0.3 is 5.32 Å². The molecule has 80 valence electrons. The van der Waals surface area contributed by atoms with Crippen LogP contribution in [-0.2, 0) is 0 Å². The van der Waals surface area contributed by atoms with Gasteiger partial charge in [0.1, 0.15) is 0 Å². The second-order valence-corrected chi connectivity index (χ2v) is 4.18. The van der Waals surface area contributed by atoms with Crippen LogP contribution in [-0.4, -0.2) is 13.6 Å². The largest absolute Gasteiger partial charge is 0.320 e. The van der Waals surface area contributed by atoms with Crippen LogP contribution < -0.4 is 5.32 Å². The molecule has 0 saturated carbocycles. The van der Waals surface area contributed by atoms with E-state index in [0.29, 0.717) is 0 Å². The fourth-order valence-corrected chi connectivity index (χ4v) is 2.12. The highest BCUT2D eigenvalue weighted by atomic mass is 14.8. The molecule has 1 nitrogen and oxygen atoms in total. The van der Waals surface area contributed by atoms with Gasteiger partial charge in [-0.15, -0.1) is 0 Å². The Labute approximate surface area is 84.3 Å². The summed E-state index contributed by atoms with van der Waals surface area (Å²) < 4.78 is 0. The van der Waals surface area contributed by atoms with Crippen molar-refractivity contribution >= 4 is 0 Å². The predicted molar refractivity (Wildman–Crippen MR) is 61.0 cm³/mol. The average molecular weight is 185 g/mol. The maximum atomic E-state index is 3.22. The van der Waals surface area contributed by atoms with E-state index in [-0.39, 0.29) is 0 Å². The molecule has 0 aromatic carbocycles. The molecule has 0 aliphatic carbocycles. The fraction of sp³-hybridized carbons (Fsp3) is 1.00. The highest BCUT2D eigenvalue weighted by molar-refractivity contribution is 4.65. The molecule has 1 N–H and O–H groups in total. The van der Waals surface area contributed by atoms with Gasteiger partial charge >= 0.3 is 0 Å². The van der Waals surface area contributed by atoms with E-state index in [1.165, 1.54) is 38.6 Å². The van der Waals surface area contributed by atoms with Crippen molar-refractivity contribution in [3.8, 4) is 0 Å². The van der Waals surface area contributed by atoms with Crippen molar-refractivity contribution in [1.29, 1.82) is 0 Å². The molecular formula is C12H27N. The topological polar surface area (TPSA) is 12.0 Å². The summed E-state index contributed by atoms with van der Waals surface area (Å²) in [5, 5.41) is 3.22. The van der Waals surface area contributed by atoms with Crippen LogP contribution in [0.25, 0.3) is 0 Å². The van der Waals surface area contributed by atoms with Gasteiger partial charge in [0.25, 0.3) is 0 Å². The Balaban J connectivity index is 3.60. The van der Waals surface area contributed by atoms with Crippen LogP contribution in [0.3, 0.4) is 0 Å². The summed E-state index contributed by atoms with van der Waals surface area (Å²) >= 11 is 0. The van der Waals surface area contributed by atoms with E-state index in [1.807, 2.05) is 7.05 Å². The molecule has 13 heavy (non-hydrogen) atoms. The van der Waals surface area contributed by atoms with Crippen molar-refractivity contribution in [1.82, 2.24) is 5.32 Å². The lowest BCUT2D eigenvalue weighted by Crippen LogP contribution is -2.14. The number of nitrogens with one attached hydrogen (secondary N) is 1. The SMILES string of the molecule is CCCC(C)C(CC)CCCNC. The first-order valence-electron chi connectivity index (χ1n) is 5.90. The van der Waals surface area contributed by atoms with Crippen LogP contribution >= 0.6 is 0 Å². The lowest BCUT2D eigenvalue weighted by molar-refractivity contribution is 0.300. The van der Waals surface area contributed by atoms with Crippen LogP contribution in [0.4, 0.5) is 0 Å². The van der Waals surface area contributed by atoms with Gasteiger partial charge in [-0.05, 0) is 38.3 Å². The van der Waals surface area contributed by atoms with Gasteiger partial charge in [0.05, 0.1) is 0 Å². The molecule has 0 amide bonds. The number of hydrogen-bond donors (Lipinski definition) is 1. The van der Waals surface area contributed by atoms with Gasteiger partial charge in [0.2, 0.25) is 0 Å². The monoisotopic (exact) mass is 185 g/mol. The molecular weight excluding hydrogens is 158 g/mol. The Morgan fingerprint density at radius 1 is 1.15 bits per heavy atom. The second kappa shape index (κ2) is 8.55. The van der Waals surface area contributed by atoms with E-state index >= 15 is 0 Å². The Morgan fingerprint density at radius 3 is 2.31 bits per heavy atom. The van der Waals surface area contributed by atoms with Crippen molar-refractivity contribution in [2.45, 2.75) is 52.9 Å². The maximum Gasteiger partial charge on any atom is -0.00518 e. The Kier molecular flexibility index (Phi) is 8.53. The predicted octanol–water partition coefficient (Wildman–Crippen LogP) is 3.45. The van der Waals surface area contributed by atoms with E-state index in [0.717, 1.165) is 11.8 Å². The third-order valence-corrected chi connectivity index (χ3v) is 3.07. The summed E-state index contributed by atoms with van der Waals surface area (Å²) in [6, 6.07) is 0. The quantitative estimate of drug-likeness (QED) is 0.571. The molecule has 2 atom stereocenters. The maximum absolute atomic E-state index is 3.22. The van der Waals surface area contributed by atoms with E-state index in [1.54, 1.807) is 0 Å². The number of hydrogen-bond acceptors (Lipinski definition) is 1. The average Bonchev–Trinajstić information content (AvgIpc) is 2.13. The lowest BCUT2D eigenvalue weighted by Gasteiger charge is -2.22. The highest BCUT2D eigenvalue weighted by Crippen LogP contribution is 2.24. The van der Waals surface area contributed by atoms with E-state index in [4.69, 9.17) is 0 Å². The minimum Gasteiger partial charge on any atom is -0.320 e. The Hall–Kier alpha value is -0.0400. The first-order chi connectivity index (χ1) is 6.26. The van der Waals surface area contributed by atoms with Crippen molar-refractivity contribution < 1.29 is 0 Å². The summed E-state index contributed by atoms with van der Waals surface area (Å²) in [5.74, 6) is 1.88. The standard InChI is InChI=1S/C12H27N/c1-5-8-11(3)12(6-2)9-7-10-13-4/h11-13H,5-10H2,1-4H3. The fourth-order valence-electron chi connectivity index (χ4n) is 2.12. The van der Waals surface area contributed by atoms with E-state index in [2.05, 4.69) is 26.1 Å². The van der Waals surface area contributed by atoms with Gasteiger partial charge in [0.15, 0.2) is 0 Å². The van der Waals surface area contributed by atoms with Crippen LogP contribution in [0.15, 0.2) is 0 Å². The first-order valence-corrected chi connectivity index (χ1v) is 5.90. The summed E-state index contributed by atoms with van der Waals surface area (Å²) in [5.41, 5.74) is 0. The van der Waals surface area contributed by atoms with E-state index < -0.39 is 0 Å². The summed E-state index contributed by atoms with van der Waals surface area (Å²) in [6.45, 7) is 8.21. The molecule has 2 unspecified atom stereocenters. The minimum atomic E-state index is 0.923. The molecule has 1 heteroatoms. The van der Waals surface area contributed by atoms with Crippen molar-refractivity contribution in [2.24, 2.45) is 11.8 Å². The van der Waals surface area contributed by atoms with Crippen LogP contribution in [0.1, 0.15) is 52.9 Å². The summed E-state index contributed by atoms with van der Waals surface area (Å²) in [6.07, 6.45) is 6.83. The normalized spacial score (nSPS) is 15.7. The molecule has 0 rings (SSSR count). The molecule has 0 radical (unpaired) electrons. The molecule has 0 saturated heterocycles. The third-order valence-electron chi connectivity index (χ3n) is 3.07. The molecule has 0 aliphatic rings. The molecule has 0 fully saturated rings. The Bertz CT molecular complexity index is 101. The highest BCUT2D eigenvalue weighted by Gasteiger charge is 2.13. The van der Waals surface area contributed by atoms with E-state index in [9.17, 15) is 0 Å². The summed E-state index contributed by atoms with van der Waals surface area (Å²) in [7, 11) is 2.04. The number of rotatable bonds is 8. The van der Waals surface area contributed by atoms with Gasteiger partial charge in [-0.25, -0.2) is 0 Å². The zero-order valence-electron chi connectivity index (χ0n) is 9.90. The van der Waals surface area contributed by atoms with Crippen LogP contribution in [0, 0.1) is 11.8 Å². The molecule has 0 heterocycles. The summed E-state index contributed by atoms with van der Waals surface area (Å²) in [4.78, 5) is 0. The third kappa shape index (κ3) is 6.09. The molecule has 0 bridgehead atoms. The van der Waals surface area contributed by atoms with Gasteiger partial charge in [-0.3, -0.25) is 0 Å².